The summed E-state index contributed by atoms with van der Waals surface area (Å²) in [5, 5.41) is 39.3. The first-order valence-corrected chi connectivity index (χ1v) is 8.22. The number of aromatic hydroxyl groups is 1. The first-order valence-electron chi connectivity index (χ1n) is 7.43. The lowest BCUT2D eigenvalue weighted by Gasteiger charge is -2.11. The fraction of sp³-hybridized carbons (Fsp3) is 0.278. The predicted molar refractivity (Wildman–Crippen MR) is 92.4 cm³/mol. The van der Waals surface area contributed by atoms with Crippen LogP contribution in [-0.2, 0) is 0 Å². The highest BCUT2D eigenvalue weighted by Crippen LogP contribution is 2.29. The van der Waals surface area contributed by atoms with Gasteiger partial charge in [-0.1, -0.05) is 15.9 Å². The van der Waals surface area contributed by atoms with Gasteiger partial charge in [0.25, 0.3) is 0 Å². The Morgan fingerprint density at radius 3 is 2.71 bits per heavy atom. The lowest BCUT2D eigenvalue weighted by molar-refractivity contribution is 0.145. The third kappa shape index (κ3) is 5.09. The topological polar surface area (TPSA) is 94.1 Å². The van der Waals surface area contributed by atoms with Gasteiger partial charge in [0, 0.05) is 22.9 Å². The Hall–Kier alpha value is -1.82. The van der Waals surface area contributed by atoms with Crippen molar-refractivity contribution in [3.05, 3.63) is 69.8 Å². The molecule has 1 aromatic heterocycles. The van der Waals surface area contributed by atoms with Crippen LogP contribution in [-0.4, -0.2) is 27.0 Å². The van der Waals surface area contributed by atoms with Gasteiger partial charge in [-0.3, -0.25) is 0 Å². The second kappa shape index (κ2) is 8.87. The molecular formula is C18H19BrO5. The van der Waals surface area contributed by atoms with E-state index in [2.05, 4.69) is 21.7 Å². The zero-order chi connectivity index (χ0) is 17.5. The number of halogens is 1. The molecule has 0 bridgehead atoms. The fourth-order valence-electron chi connectivity index (χ4n) is 2.22. The number of phenolic OH excluding ortho intramolecular Hbond substituents is 1. The van der Waals surface area contributed by atoms with Crippen LogP contribution in [0.2, 0.25) is 0 Å². The van der Waals surface area contributed by atoms with Crippen molar-refractivity contribution in [3.8, 4) is 5.75 Å². The van der Waals surface area contributed by atoms with Gasteiger partial charge in [-0.25, -0.2) is 0 Å². The standard InChI is InChI=1S/C18H19BrO5/c19-13-6-7-16(22)14(10-13)15(21)4-1-3-12(11-20)9-17(23)18-5-2-8-24-18/h1-2,5-8,10,15,17,20-23H,4,9,11H2/t3?,15-,17-/m1/s1. The first-order chi connectivity index (χ1) is 11.5. The van der Waals surface area contributed by atoms with Crippen LogP contribution in [0.25, 0.3) is 0 Å². The molecule has 24 heavy (non-hydrogen) atoms. The Morgan fingerprint density at radius 2 is 2.04 bits per heavy atom. The molecule has 0 aliphatic heterocycles. The van der Waals surface area contributed by atoms with Crippen molar-refractivity contribution in [2.45, 2.75) is 25.0 Å². The van der Waals surface area contributed by atoms with E-state index in [4.69, 9.17) is 4.42 Å². The molecule has 0 amide bonds. The van der Waals surface area contributed by atoms with Crippen LogP contribution in [0.15, 0.2) is 62.9 Å². The van der Waals surface area contributed by atoms with Crippen LogP contribution >= 0.6 is 15.9 Å². The SMILES string of the molecule is OCC(=C=CC[C@@H](O)c1cc(Br)ccc1O)C[C@@H](O)c1ccco1. The van der Waals surface area contributed by atoms with Crippen molar-refractivity contribution in [3.63, 3.8) is 0 Å². The summed E-state index contributed by atoms with van der Waals surface area (Å²) in [5.74, 6) is 0.431. The smallest absolute Gasteiger partial charge is 0.132 e. The summed E-state index contributed by atoms with van der Waals surface area (Å²) in [5.41, 5.74) is 3.78. The molecule has 2 rings (SSSR count). The van der Waals surface area contributed by atoms with Gasteiger partial charge >= 0.3 is 0 Å². The van der Waals surface area contributed by atoms with Crippen LogP contribution in [0, 0.1) is 0 Å². The molecule has 0 saturated heterocycles. The number of benzene rings is 1. The summed E-state index contributed by atoms with van der Waals surface area (Å²) in [6.45, 7) is -0.257. The minimum Gasteiger partial charge on any atom is -0.508 e. The zero-order valence-corrected chi connectivity index (χ0v) is 14.5. The second-order valence-electron chi connectivity index (χ2n) is 5.30. The number of hydrogen-bond acceptors (Lipinski definition) is 5. The molecule has 0 saturated carbocycles. The number of aliphatic hydroxyl groups is 3. The van der Waals surface area contributed by atoms with E-state index in [9.17, 15) is 20.4 Å². The number of phenols is 1. The van der Waals surface area contributed by atoms with Gasteiger partial charge in [-0.15, -0.1) is 5.73 Å². The summed E-state index contributed by atoms with van der Waals surface area (Å²) < 4.78 is 5.87. The van der Waals surface area contributed by atoms with E-state index in [-0.39, 0.29) is 25.2 Å². The molecule has 0 aliphatic rings. The molecule has 2 aromatic rings. The van der Waals surface area contributed by atoms with Crippen LogP contribution < -0.4 is 0 Å². The van der Waals surface area contributed by atoms with E-state index in [1.807, 2.05) is 0 Å². The lowest BCUT2D eigenvalue weighted by Crippen LogP contribution is -2.00. The van der Waals surface area contributed by atoms with E-state index >= 15 is 0 Å². The summed E-state index contributed by atoms with van der Waals surface area (Å²) >= 11 is 3.29. The minimum atomic E-state index is -0.898. The first kappa shape index (κ1) is 18.5. The van der Waals surface area contributed by atoms with Crippen molar-refractivity contribution < 1.29 is 24.8 Å². The molecule has 4 N–H and O–H groups in total. The van der Waals surface area contributed by atoms with E-state index in [1.165, 1.54) is 12.3 Å². The Labute approximate surface area is 148 Å². The third-order valence-electron chi connectivity index (χ3n) is 3.50. The average Bonchev–Trinajstić information content (AvgIpc) is 3.10. The van der Waals surface area contributed by atoms with Gasteiger partial charge in [0.2, 0.25) is 0 Å². The zero-order valence-electron chi connectivity index (χ0n) is 12.9. The Bertz CT molecular complexity index is 717. The Morgan fingerprint density at radius 1 is 1.25 bits per heavy atom. The predicted octanol–water partition coefficient (Wildman–Crippen LogP) is 3.37. The summed E-state index contributed by atoms with van der Waals surface area (Å²) in [7, 11) is 0. The normalized spacial score (nSPS) is 13.2. The van der Waals surface area contributed by atoms with Crippen LogP contribution in [0.4, 0.5) is 0 Å². The van der Waals surface area contributed by atoms with Crippen molar-refractivity contribution in [1.29, 1.82) is 0 Å². The highest BCUT2D eigenvalue weighted by molar-refractivity contribution is 9.10. The van der Waals surface area contributed by atoms with Crippen molar-refractivity contribution >= 4 is 15.9 Å². The molecule has 1 heterocycles. The van der Waals surface area contributed by atoms with Gasteiger partial charge in [0.05, 0.1) is 19.0 Å². The third-order valence-corrected chi connectivity index (χ3v) is 3.99. The quantitative estimate of drug-likeness (QED) is 0.540. The molecule has 1 aromatic carbocycles. The van der Waals surface area contributed by atoms with E-state index < -0.39 is 12.2 Å². The molecule has 0 fully saturated rings. The van der Waals surface area contributed by atoms with Crippen molar-refractivity contribution in [2.24, 2.45) is 0 Å². The van der Waals surface area contributed by atoms with Gasteiger partial charge in [0.1, 0.15) is 17.6 Å². The average molecular weight is 395 g/mol. The monoisotopic (exact) mass is 394 g/mol. The van der Waals surface area contributed by atoms with Crippen LogP contribution in [0.1, 0.15) is 36.4 Å². The fourth-order valence-corrected chi connectivity index (χ4v) is 2.60. The molecule has 128 valence electrons. The van der Waals surface area contributed by atoms with Gasteiger partial charge in [-0.05, 0) is 42.0 Å². The molecule has 0 aliphatic carbocycles. The summed E-state index contributed by atoms with van der Waals surface area (Å²) in [4.78, 5) is 0. The molecule has 0 spiro atoms. The number of hydrogen-bond donors (Lipinski definition) is 4. The highest BCUT2D eigenvalue weighted by atomic mass is 79.9. The maximum absolute atomic E-state index is 10.2. The molecule has 0 radical (unpaired) electrons. The lowest BCUT2D eigenvalue weighted by atomic mass is 10.0. The number of rotatable bonds is 7. The van der Waals surface area contributed by atoms with Gasteiger partial charge in [0.15, 0.2) is 0 Å². The van der Waals surface area contributed by atoms with Gasteiger partial charge in [-0.2, -0.15) is 0 Å². The molecular weight excluding hydrogens is 376 g/mol. The summed E-state index contributed by atoms with van der Waals surface area (Å²) in [6, 6.07) is 8.16. The van der Waals surface area contributed by atoms with Crippen LogP contribution in [0.3, 0.4) is 0 Å². The van der Waals surface area contributed by atoms with Gasteiger partial charge < -0.3 is 24.8 Å². The molecule has 2 atom stereocenters. The molecule has 5 nitrogen and oxygen atoms in total. The summed E-state index contributed by atoms with van der Waals surface area (Å²) in [6.07, 6.45) is 1.68. The Balaban J connectivity index is 2.03. The number of furan rings is 1. The van der Waals surface area contributed by atoms with Crippen LogP contribution in [0.5, 0.6) is 5.75 Å². The van der Waals surface area contributed by atoms with E-state index in [0.29, 0.717) is 16.9 Å². The number of aliphatic hydroxyl groups excluding tert-OH is 3. The largest absolute Gasteiger partial charge is 0.508 e. The van der Waals surface area contributed by atoms with Crippen molar-refractivity contribution in [1.82, 2.24) is 0 Å². The molecule has 6 heteroatoms. The minimum absolute atomic E-state index is 0.0127. The van der Waals surface area contributed by atoms with E-state index in [1.54, 1.807) is 30.3 Å². The maximum Gasteiger partial charge on any atom is 0.132 e. The van der Waals surface area contributed by atoms with E-state index in [0.717, 1.165) is 4.47 Å². The van der Waals surface area contributed by atoms with Crippen molar-refractivity contribution in [2.75, 3.05) is 6.61 Å². The maximum atomic E-state index is 10.2. The molecule has 0 unspecified atom stereocenters. The Kier molecular flexibility index (Phi) is 6.85. The highest BCUT2D eigenvalue weighted by Gasteiger charge is 2.13. The second-order valence-corrected chi connectivity index (χ2v) is 6.22.